The molecule has 136 valence electrons. The molecule has 0 spiro atoms. The van der Waals surface area contributed by atoms with Crippen LogP contribution in [-0.4, -0.2) is 51.6 Å². The van der Waals surface area contributed by atoms with E-state index >= 15 is 0 Å². The highest BCUT2D eigenvalue weighted by Gasteiger charge is 2.18. The molecule has 2 aromatic rings. The van der Waals surface area contributed by atoms with Crippen molar-refractivity contribution in [2.24, 2.45) is 0 Å². The molecule has 0 unspecified atom stereocenters. The molecular formula is C15H21ClN6O2S. The molecule has 1 aromatic carbocycles. The third-order valence-corrected chi connectivity index (χ3v) is 5.10. The summed E-state index contributed by atoms with van der Waals surface area (Å²) in [5.74, 6) is 1.23. The van der Waals surface area contributed by atoms with E-state index in [1.54, 1.807) is 57.0 Å². The van der Waals surface area contributed by atoms with Gasteiger partial charge in [0.15, 0.2) is 5.82 Å². The zero-order chi connectivity index (χ0) is 18.8. The minimum Gasteiger partial charge on any atom is -0.347 e. The van der Waals surface area contributed by atoms with E-state index in [0.29, 0.717) is 28.3 Å². The fourth-order valence-electron chi connectivity index (χ4n) is 1.98. The molecule has 1 aromatic heterocycles. The van der Waals surface area contributed by atoms with E-state index in [-0.39, 0.29) is 11.4 Å². The van der Waals surface area contributed by atoms with Gasteiger partial charge in [-0.3, -0.25) is 0 Å². The minimum absolute atomic E-state index is 0.0571. The van der Waals surface area contributed by atoms with Crippen LogP contribution in [0.1, 0.15) is 11.4 Å². The van der Waals surface area contributed by atoms with Gasteiger partial charge in [-0.1, -0.05) is 17.7 Å². The highest BCUT2D eigenvalue weighted by Crippen LogP contribution is 2.20. The SMILES string of the molecule is Cc1ccc(Cl)cc1S(=O)(=O)NCc1nc(N(C)C)nc(N(C)C)n1. The Bertz CT molecular complexity index is 844. The molecule has 0 amide bonds. The Labute approximate surface area is 152 Å². The van der Waals surface area contributed by atoms with Gasteiger partial charge in [0.2, 0.25) is 21.9 Å². The summed E-state index contributed by atoms with van der Waals surface area (Å²) in [6.45, 7) is 1.65. The molecule has 0 aliphatic carbocycles. The molecule has 8 nitrogen and oxygen atoms in total. The van der Waals surface area contributed by atoms with E-state index < -0.39 is 10.0 Å². The van der Waals surface area contributed by atoms with Crippen LogP contribution in [0.15, 0.2) is 23.1 Å². The van der Waals surface area contributed by atoms with E-state index in [4.69, 9.17) is 11.6 Å². The van der Waals surface area contributed by atoms with Crippen LogP contribution in [0.2, 0.25) is 5.02 Å². The van der Waals surface area contributed by atoms with Gasteiger partial charge in [-0.15, -0.1) is 0 Å². The van der Waals surface area contributed by atoms with Crippen molar-refractivity contribution in [1.29, 1.82) is 0 Å². The Morgan fingerprint density at radius 3 is 2.12 bits per heavy atom. The van der Waals surface area contributed by atoms with Crippen molar-refractivity contribution in [3.8, 4) is 0 Å². The lowest BCUT2D eigenvalue weighted by atomic mass is 10.2. The number of halogens is 1. The van der Waals surface area contributed by atoms with Gasteiger partial charge in [-0.25, -0.2) is 13.1 Å². The topological polar surface area (TPSA) is 91.3 Å². The first kappa shape index (κ1) is 19.4. The average molecular weight is 385 g/mol. The summed E-state index contributed by atoms with van der Waals surface area (Å²) in [5.41, 5.74) is 0.607. The second-order valence-electron chi connectivity index (χ2n) is 5.87. The van der Waals surface area contributed by atoms with Crippen LogP contribution in [-0.2, 0) is 16.6 Å². The van der Waals surface area contributed by atoms with E-state index in [2.05, 4.69) is 19.7 Å². The Morgan fingerprint density at radius 2 is 1.60 bits per heavy atom. The van der Waals surface area contributed by atoms with E-state index in [9.17, 15) is 8.42 Å². The van der Waals surface area contributed by atoms with Crippen molar-refractivity contribution in [1.82, 2.24) is 19.7 Å². The zero-order valence-corrected chi connectivity index (χ0v) is 16.4. The zero-order valence-electron chi connectivity index (χ0n) is 14.8. The molecule has 0 radical (unpaired) electrons. The second-order valence-corrected chi connectivity index (χ2v) is 8.05. The lowest BCUT2D eigenvalue weighted by molar-refractivity contribution is 0.578. The second kappa shape index (κ2) is 7.51. The van der Waals surface area contributed by atoms with Gasteiger partial charge in [0.25, 0.3) is 0 Å². The van der Waals surface area contributed by atoms with Gasteiger partial charge in [0, 0.05) is 33.2 Å². The molecule has 0 fully saturated rings. The summed E-state index contributed by atoms with van der Waals surface area (Å²) < 4.78 is 27.6. The third-order valence-electron chi connectivity index (χ3n) is 3.32. The van der Waals surface area contributed by atoms with Crippen LogP contribution in [0, 0.1) is 6.92 Å². The lowest BCUT2D eigenvalue weighted by Crippen LogP contribution is -2.27. The summed E-state index contributed by atoms with van der Waals surface area (Å²) in [6.07, 6.45) is 0. The van der Waals surface area contributed by atoms with Crippen LogP contribution in [0.4, 0.5) is 11.9 Å². The first-order chi connectivity index (χ1) is 11.6. The molecule has 25 heavy (non-hydrogen) atoms. The normalized spacial score (nSPS) is 11.4. The summed E-state index contributed by atoms with van der Waals surface area (Å²) in [4.78, 5) is 16.4. The number of aromatic nitrogens is 3. The molecular weight excluding hydrogens is 364 g/mol. The van der Waals surface area contributed by atoms with E-state index in [1.807, 2.05) is 0 Å². The number of benzene rings is 1. The summed E-state index contributed by atoms with van der Waals surface area (Å²) >= 11 is 5.92. The van der Waals surface area contributed by atoms with Crippen molar-refractivity contribution in [3.63, 3.8) is 0 Å². The van der Waals surface area contributed by atoms with Crippen LogP contribution in [0.25, 0.3) is 0 Å². The number of nitrogens with one attached hydrogen (secondary N) is 1. The average Bonchev–Trinajstić information content (AvgIpc) is 2.54. The third kappa shape index (κ3) is 4.77. The van der Waals surface area contributed by atoms with Crippen molar-refractivity contribution >= 4 is 33.5 Å². The van der Waals surface area contributed by atoms with Crippen molar-refractivity contribution < 1.29 is 8.42 Å². The summed E-state index contributed by atoms with van der Waals surface area (Å²) in [6, 6.07) is 4.73. The fraction of sp³-hybridized carbons (Fsp3) is 0.400. The molecule has 1 heterocycles. The van der Waals surface area contributed by atoms with Gasteiger partial charge >= 0.3 is 0 Å². The highest BCUT2D eigenvalue weighted by molar-refractivity contribution is 7.89. The number of hydrogen-bond acceptors (Lipinski definition) is 7. The van der Waals surface area contributed by atoms with Crippen molar-refractivity contribution in [3.05, 3.63) is 34.6 Å². The number of anilines is 2. The number of rotatable bonds is 6. The van der Waals surface area contributed by atoms with E-state index in [1.165, 1.54) is 6.07 Å². The number of hydrogen-bond donors (Lipinski definition) is 1. The number of nitrogens with zero attached hydrogens (tertiary/aromatic N) is 5. The summed E-state index contributed by atoms with van der Waals surface area (Å²) in [5, 5.41) is 0.357. The largest absolute Gasteiger partial charge is 0.347 e. The molecule has 0 saturated carbocycles. The predicted molar refractivity (Wildman–Crippen MR) is 98.7 cm³/mol. The molecule has 0 atom stereocenters. The smallest absolute Gasteiger partial charge is 0.241 e. The number of sulfonamides is 1. The molecule has 10 heteroatoms. The van der Waals surface area contributed by atoms with Gasteiger partial charge in [0.05, 0.1) is 11.4 Å². The maximum absolute atomic E-state index is 12.6. The molecule has 2 rings (SSSR count). The van der Waals surface area contributed by atoms with Gasteiger partial charge < -0.3 is 9.80 Å². The quantitative estimate of drug-likeness (QED) is 0.805. The Hall–Kier alpha value is -1.97. The maximum Gasteiger partial charge on any atom is 0.241 e. The molecule has 1 N–H and O–H groups in total. The molecule has 0 aliphatic rings. The molecule has 0 bridgehead atoms. The van der Waals surface area contributed by atoms with Crippen LogP contribution in [0.5, 0.6) is 0 Å². The van der Waals surface area contributed by atoms with Gasteiger partial charge in [0.1, 0.15) is 0 Å². The van der Waals surface area contributed by atoms with Gasteiger partial charge in [-0.05, 0) is 24.6 Å². The highest BCUT2D eigenvalue weighted by atomic mass is 35.5. The van der Waals surface area contributed by atoms with Gasteiger partial charge in [-0.2, -0.15) is 15.0 Å². The van der Waals surface area contributed by atoms with Crippen LogP contribution < -0.4 is 14.5 Å². The molecule has 0 aliphatic heterocycles. The lowest BCUT2D eigenvalue weighted by Gasteiger charge is -2.16. The minimum atomic E-state index is -3.74. The van der Waals surface area contributed by atoms with E-state index in [0.717, 1.165) is 0 Å². The fourth-order valence-corrected chi connectivity index (χ4v) is 3.46. The standard InChI is InChI=1S/C15H21ClN6O2S/c1-10-6-7-11(16)8-12(10)25(23,24)17-9-13-18-14(21(2)3)20-15(19-13)22(4)5/h6-8,17H,9H2,1-5H3. The van der Waals surface area contributed by atoms with Crippen LogP contribution >= 0.6 is 11.6 Å². The monoisotopic (exact) mass is 384 g/mol. The first-order valence-corrected chi connectivity index (χ1v) is 9.31. The predicted octanol–water partition coefficient (Wildman–Crippen LogP) is 1.44. The Morgan fingerprint density at radius 1 is 1.04 bits per heavy atom. The number of aryl methyl sites for hydroxylation is 1. The van der Waals surface area contributed by atoms with Crippen molar-refractivity contribution in [2.75, 3.05) is 38.0 Å². The first-order valence-electron chi connectivity index (χ1n) is 7.45. The summed E-state index contributed by atoms with van der Waals surface area (Å²) in [7, 11) is 3.47. The van der Waals surface area contributed by atoms with Crippen LogP contribution in [0.3, 0.4) is 0 Å². The maximum atomic E-state index is 12.6. The Balaban J connectivity index is 2.29. The van der Waals surface area contributed by atoms with Crippen molar-refractivity contribution in [2.45, 2.75) is 18.4 Å². The molecule has 0 saturated heterocycles. The Kier molecular flexibility index (Phi) is 5.81.